The number of carbonyl (C=O) groups is 1. The first kappa shape index (κ1) is 28.8. The van der Waals surface area contributed by atoms with Crippen molar-refractivity contribution in [3.05, 3.63) is 42.3 Å². The van der Waals surface area contributed by atoms with E-state index in [1.807, 2.05) is 0 Å². The number of hydrogen-bond donors (Lipinski definition) is 1. The topological polar surface area (TPSA) is 170 Å². The van der Waals surface area contributed by atoms with Gasteiger partial charge in [-0.25, -0.2) is 14.2 Å². The molecule has 2 aromatic heterocycles. The van der Waals surface area contributed by atoms with Gasteiger partial charge in [-0.3, -0.25) is 4.90 Å². The van der Waals surface area contributed by atoms with Crippen molar-refractivity contribution < 1.29 is 91.9 Å². The van der Waals surface area contributed by atoms with Crippen molar-refractivity contribution in [2.24, 2.45) is 7.05 Å². The maximum atomic E-state index is 14.8. The van der Waals surface area contributed by atoms with Gasteiger partial charge in [0.25, 0.3) is 5.95 Å². The second kappa shape index (κ2) is 12.0. The molecule has 13 nitrogen and oxygen atoms in total. The minimum atomic E-state index is -5.19. The van der Waals surface area contributed by atoms with E-state index in [1.165, 1.54) is 23.1 Å². The molecular formula is C17H15FN7Na2O6P. The van der Waals surface area contributed by atoms with E-state index >= 15 is 0 Å². The number of nitrogens with zero attached hydrogens (tertiary/aromatic N) is 6. The number of anilines is 3. The normalized spacial score (nSPS) is 15.4. The number of phosphoric ester groups is 1. The number of amides is 1. The van der Waals surface area contributed by atoms with Gasteiger partial charge in [-0.15, -0.1) is 5.10 Å². The van der Waals surface area contributed by atoms with E-state index in [1.54, 1.807) is 19.2 Å². The zero-order chi connectivity index (χ0) is 22.9. The summed E-state index contributed by atoms with van der Waals surface area (Å²) in [5, 5.41) is 14.3. The van der Waals surface area contributed by atoms with Gasteiger partial charge in [0, 0.05) is 17.3 Å². The van der Waals surface area contributed by atoms with Crippen molar-refractivity contribution in [2.45, 2.75) is 6.10 Å². The first-order valence-electron chi connectivity index (χ1n) is 9.10. The number of aryl methyl sites for hydroxylation is 1. The molecule has 0 aliphatic carbocycles. The van der Waals surface area contributed by atoms with Crippen LogP contribution in [0.2, 0.25) is 0 Å². The Labute approximate surface area is 236 Å². The van der Waals surface area contributed by atoms with E-state index in [9.17, 15) is 23.5 Å². The number of tetrazole rings is 1. The molecule has 168 valence electrons. The quantitative estimate of drug-likeness (QED) is 0.238. The standard InChI is InChI=1S/C17H17FN7O6P.2Na/c1-24-22-16(21-23-24)20-15-5-2-10(7-19-15)13-4-3-11(6-14(13)18)25-8-12(31-17(25)26)9-30-32(27,28)29;;/h2-7,12H,8-9H2,1H3,(H,19,20,22)(H2,27,28,29);;/q;2*+1/p-2/t12-;;/m1../s1. The number of cyclic esters (lactones) is 1. The summed E-state index contributed by atoms with van der Waals surface area (Å²) in [6.07, 6.45) is -0.333. The SMILES string of the molecule is Cn1nnc(Nc2ccc(-c3ccc(N4C[C@H](COP(=O)([O-])[O-])OC4=O)cc3F)cn2)n1.[Na+].[Na+]. The molecule has 17 heteroatoms. The van der Waals surface area contributed by atoms with E-state index < -0.39 is 32.4 Å². The molecule has 0 saturated carbocycles. The van der Waals surface area contributed by atoms with Gasteiger partial charge in [0.1, 0.15) is 17.7 Å². The van der Waals surface area contributed by atoms with Crippen LogP contribution in [0.5, 0.6) is 0 Å². The van der Waals surface area contributed by atoms with Crippen LogP contribution in [0.15, 0.2) is 36.5 Å². The number of ether oxygens (including phenoxy) is 1. The van der Waals surface area contributed by atoms with E-state index in [4.69, 9.17) is 4.74 Å². The van der Waals surface area contributed by atoms with E-state index in [-0.39, 0.29) is 82.9 Å². The van der Waals surface area contributed by atoms with Crippen molar-refractivity contribution in [3.63, 3.8) is 0 Å². The van der Waals surface area contributed by atoms with Crippen LogP contribution < -0.4 is 79.1 Å². The third-order valence-corrected chi connectivity index (χ3v) is 4.84. The number of aromatic nitrogens is 5. The smallest absolute Gasteiger partial charge is 0.790 e. The molecule has 0 unspecified atom stereocenters. The van der Waals surface area contributed by atoms with Crippen LogP contribution in [0.4, 0.5) is 26.6 Å². The second-order valence-electron chi connectivity index (χ2n) is 6.68. The van der Waals surface area contributed by atoms with Gasteiger partial charge in [-0.05, 0) is 35.5 Å². The average Bonchev–Trinajstić information content (AvgIpc) is 3.31. The van der Waals surface area contributed by atoms with Crippen molar-refractivity contribution in [2.75, 3.05) is 23.4 Å². The molecule has 0 spiro atoms. The van der Waals surface area contributed by atoms with Crippen LogP contribution in [0.3, 0.4) is 0 Å². The van der Waals surface area contributed by atoms with Gasteiger partial charge in [0.05, 0.1) is 33.7 Å². The largest absolute Gasteiger partial charge is 1.00 e. The van der Waals surface area contributed by atoms with Crippen LogP contribution in [0, 0.1) is 5.82 Å². The van der Waals surface area contributed by atoms with Crippen LogP contribution in [0.25, 0.3) is 11.1 Å². The Morgan fingerprint density at radius 1 is 1.29 bits per heavy atom. The average molecular weight is 509 g/mol. The fourth-order valence-electron chi connectivity index (χ4n) is 2.98. The molecule has 1 atom stereocenters. The third-order valence-electron chi connectivity index (χ3n) is 4.38. The summed E-state index contributed by atoms with van der Waals surface area (Å²) in [4.78, 5) is 39.8. The predicted molar refractivity (Wildman–Crippen MR) is 103 cm³/mol. The van der Waals surface area contributed by atoms with Gasteiger partial charge in [-0.1, -0.05) is 5.10 Å². The Morgan fingerprint density at radius 2 is 2.06 bits per heavy atom. The molecule has 1 fully saturated rings. The van der Waals surface area contributed by atoms with Crippen LogP contribution in [0.1, 0.15) is 0 Å². The van der Waals surface area contributed by atoms with Gasteiger partial charge in [-0.2, -0.15) is 4.80 Å². The number of benzene rings is 1. The zero-order valence-corrected chi connectivity index (χ0v) is 23.3. The molecule has 4 rings (SSSR count). The van der Waals surface area contributed by atoms with Crippen LogP contribution >= 0.6 is 7.82 Å². The van der Waals surface area contributed by atoms with Crippen LogP contribution in [-0.4, -0.2) is 50.5 Å². The number of pyridine rings is 1. The maximum Gasteiger partial charge on any atom is 1.00 e. The van der Waals surface area contributed by atoms with Crippen molar-refractivity contribution in [3.8, 4) is 11.1 Å². The fraction of sp³-hybridized carbons (Fsp3) is 0.235. The number of rotatable bonds is 7. The number of carbonyl (C=O) groups excluding carboxylic acids is 1. The molecular weight excluding hydrogens is 494 g/mol. The van der Waals surface area contributed by atoms with Crippen molar-refractivity contribution in [1.82, 2.24) is 25.2 Å². The summed E-state index contributed by atoms with van der Waals surface area (Å²) in [6.45, 7) is -0.709. The van der Waals surface area contributed by atoms with Gasteiger partial charge in [0.15, 0.2) is 0 Å². The maximum absolute atomic E-state index is 14.8. The summed E-state index contributed by atoms with van der Waals surface area (Å²) in [7, 11) is -3.57. The number of halogens is 1. The first-order valence-corrected chi connectivity index (χ1v) is 10.6. The number of nitrogens with one attached hydrogen (secondary N) is 1. The zero-order valence-electron chi connectivity index (χ0n) is 18.4. The molecule has 0 bridgehead atoms. The molecule has 0 radical (unpaired) electrons. The van der Waals surface area contributed by atoms with Crippen LogP contribution in [-0.2, 0) is 20.9 Å². The molecule has 3 aromatic rings. The second-order valence-corrected chi connectivity index (χ2v) is 7.84. The van der Waals surface area contributed by atoms with E-state index in [0.717, 1.165) is 11.0 Å². The van der Waals surface area contributed by atoms with E-state index in [2.05, 4.69) is 30.2 Å². The van der Waals surface area contributed by atoms with E-state index in [0.29, 0.717) is 11.4 Å². The fourth-order valence-corrected chi connectivity index (χ4v) is 3.32. The Bertz CT molecular complexity index is 1200. The number of hydrogen-bond acceptors (Lipinski definition) is 11. The monoisotopic (exact) mass is 509 g/mol. The summed E-state index contributed by atoms with van der Waals surface area (Å²) in [5.41, 5.74) is 0.936. The summed E-state index contributed by atoms with van der Waals surface area (Å²) in [5.74, 6) is 0.0853. The predicted octanol–water partition coefficient (Wildman–Crippen LogP) is -5.67. The Balaban J connectivity index is 0.00000204. The van der Waals surface area contributed by atoms with Crippen molar-refractivity contribution in [1.29, 1.82) is 0 Å². The first-order chi connectivity index (χ1) is 15.2. The summed E-state index contributed by atoms with van der Waals surface area (Å²) in [6, 6.07) is 7.38. The molecule has 1 aliphatic rings. The Morgan fingerprint density at radius 3 is 2.65 bits per heavy atom. The Hall–Kier alpha value is -1.45. The minimum Gasteiger partial charge on any atom is -0.790 e. The molecule has 3 heterocycles. The minimum absolute atomic E-state index is 0. The molecule has 1 aromatic carbocycles. The van der Waals surface area contributed by atoms with Gasteiger partial charge >= 0.3 is 65.2 Å². The molecule has 1 saturated heterocycles. The number of phosphoric acid groups is 1. The van der Waals surface area contributed by atoms with Gasteiger partial charge in [0.2, 0.25) is 0 Å². The third kappa shape index (κ3) is 7.28. The van der Waals surface area contributed by atoms with Gasteiger partial charge < -0.3 is 28.9 Å². The molecule has 34 heavy (non-hydrogen) atoms. The summed E-state index contributed by atoms with van der Waals surface area (Å²) >= 11 is 0. The Kier molecular flexibility index (Phi) is 10.2. The summed E-state index contributed by atoms with van der Waals surface area (Å²) < 4.78 is 34.4. The molecule has 1 aliphatic heterocycles. The molecule has 1 amide bonds. The van der Waals surface area contributed by atoms with Crippen molar-refractivity contribution >= 4 is 31.4 Å². The molecule has 1 N–H and O–H groups in total.